The molecule has 2 heterocycles. The lowest BCUT2D eigenvalue weighted by molar-refractivity contribution is -0.142. The summed E-state index contributed by atoms with van der Waals surface area (Å²) >= 11 is 0. The van der Waals surface area contributed by atoms with Gasteiger partial charge in [-0.1, -0.05) is 36.4 Å². The minimum atomic E-state index is -3.92. The SMILES string of the molecule is O=C(OC[C@H]1O[C@H](n2ccc(=O)[nH]c2=O)C(F)(F)[C@H]1OC(=O)c1ccccc1)c1ccccc1. The van der Waals surface area contributed by atoms with Crippen LogP contribution in [0.15, 0.2) is 82.5 Å². The van der Waals surface area contributed by atoms with E-state index in [0.717, 1.165) is 12.3 Å². The number of ether oxygens (including phenoxy) is 3. The predicted molar refractivity (Wildman–Crippen MR) is 113 cm³/mol. The van der Waals surface area contributed by atoms with Crippen LogP contribution in [-0.4, -0.2) is 46.2 Å². The molecule has 0 bridgehead atoms. The van der Waals surface area contributed by atoms with E-state index in [0.29, 0.717) is 4.57 Å². The Bertz CT molecular complexity index is 1290. The summed E-state index contributed by atoms with van der Waals surface area (Å²) in [6.07, 6.45) is -5.20. The van der Waals surface area contributed by atoms with Gasteiger partial charge in [0, 0.05) is 12.3 Å². The number of nitrogens with one attached hydrogen (secondary N) is 1. The molecule has 0 aliphatic carbocycles. The number of hydrogen-bond donors (Lipinski definition) is 1. The van der Waals surface area contributed by atoms with Gasteiger partial charge in [0.15, 0.2) is 6.10 Å². The number of aromatic nitrogens is 2. The van der Waals surface area contributed by atoms with Crippen LogP contribution in [0.5, 0.6) is 0 Å². The van der Waals surface area contributed by atoms with Gasteiger partial charge in [0.05, 0.1) is 11.1 Å². The Kier molecular flexibility index (Phi) is 6.37. The van der Waals surface area contributed by atoms with Crippen molar-refractivity contribution in [2.45, 2.75) is 24.4 Å². The third kappa shape index (κ3) is 4.64. The Hall–Kier alpha value is -4.12. The highest BCUT2D eigenvalue weighted by atomic mass is 19.3. The van der Waals surface area contributed by atoms with Crippen LogP contribution in [0.3, 0.4) is 0 Å². The molecule has 0 unspecified atom stereocenters. The molecule has 3 atom stereocenters. The molecule has 1 saturated heterocycles. The molecular formula is C23H18F2N2O7. The van der Waals surface area contributed by atoms with Gasteiger partial charge in [0.25, 0.3) is 5.56 Å². The fourth-order valence-corrected chi connectivity index (χ4v) is 3.43. The Morgan fingerprint density at radius 3 is 2.12 bits per heavy atom. The molecule has 1 aliphatic rings. The zero-order chi connectivity index (χ0) is 24.3. The summed E-state index contributed by atoms with van der Waals surface area (Å²) in [7, 11) is 0. The molecule has 1 fully saturated rings. The average molecular weight is 472 g/mol. The van der Waals surface area contributed by atoms with E-state index in [1.54, 1.807) is 24.3 Å². The number of nitrogens with zero attached hydrogens (tertiary/aromatic N) is 1. The zero-order valence-electron chi connectivity index (χ0n) is 17.4. The zero-order valence-corrected chi connectivity index (χ0v) is 17.4. The summed E-state index contributed by atoms with van der Waals surface area (Å²) in [6, 6.07) is 16.1. The highest BCUT2D eigenvalue weighted by Gasteiger charge is 2.62. The molecule has 34 heavy (non-hydrogen) atoms. The number of H-pyrrole nitrogens is 1. The molecule has 0 amide bonds. The van der Waals surface area contributed by atoms with Crippen molar-refractivity contribution in [2.75, 3.05) is 6.61 Å². The van der Waals surface area contributed by atoms with E-state index in [4.69, 9.17) is 14.2 Å². The van der Waals surface area contributed by atoms with Crippen LogP contribution in [-0.2, 0) is 14.2 Å². The second kappa shape index (κ2) is 9.40. The molecule has 2 aromatic carbocycles. The third-order valence-electron chi connectivity index (χ3n) is 5.09. The lowest BCUT2D eigenvalue weighted by Gasteiger charge is -2.24. The van der Waals surface area contributed by atoms with Crippen LogP contribution < -0.4 is 11.2 Å². The summed E-state index contributed by atoms with van der Waals surface area (Å²) in [5, 5.41) is 0. The minimum Gasteiger partial charge on any atom is -0.459 e. The predicted octanol–water partition coefficient (Wildman–Crippen LogP) is 2.15. The number of rotatable bonds is 6. The number of carbonyl (C=O) groups excluding carboxylic acids is 2. The Labute approximate surface area is 190 Å². The summed E-state index contributed by atoms with van der Waals surface area (Å²) in [6.45, 7) is -0.690. The Morgan fingerprint density at radius 1 is 0.941 bits per heavy atom. The highest BCUT2D eigenvalue weighted by molar-refractivity contribution is 5.90. The summed E-state index contributed by atoms with van der Waals surface area (Å²) in [5.74, 6) is -5.77. The van der Waals surface area contributed by atoms with Crippen molar-refractivity contribution in [1.82, 2.24) is 9.55 Å². The van der Waals surface area contributed by atoms with Gasteiger partial charge >= 0.3 is 23.6 Å². The van der Waals surface area contributed by atoms with Crippen LogP contribution >= 0.6 is 0 Å². The molecular weight excluding hydrogens is 454 g/mol. The number of halogens is 2. The van der Waals surface area contributed by atoms with Crippen molar-refractivity contribution < 1.29 is 32.6 Å². The normalized spacial score (nSPS) is 21.1. The van der Waals surface area contributed by atoms with E-state index in [9.17, 15) is 19.2 Å². The average Bonchev–Trinajstić information content (AvgIpc) is 3.08. The molecule has 9 nitrogen and oxygen atoms in total. The summed E-state index contributed by atoms with van der Waals surface area (Å²) < 4.78 is 46.9. The van der Waals surface area contributed by atoms with Crippen LogP contribution in [0.2, 0.25) is 0 Å². The molecule has 1 aromatic heterocycles. The summed E-state index contributed by atoms with van der Waals surface area (Å²) in [4.78, 5) is 50.1. The second-order valence-electron chi connectivity index (χ2n) is 7.38. The smallest absolute Gasteiger partial charge is 0.338 e. The first kappa shape index (κ1) is 23.1. The van der Waals surface area contributed by atoms with Crippen molar-refractivity contribution in [3.05, 3.63) is 105 Å². The number of esters is 2. The number of alkyl halides is 2. The first-order valence-electron chi connectivity index (χ1n) is 10.1. The van der Waals surface area contributed by atoms with Crippen molar-refractivity contribution in [3.8, 4) is 0 Å². The maximum absolute atomic E-state index is 15.4. The van der Waals surface area contributed by atoms with E-state index >= 15 is 8.78 Å². The quantitative estimate of drug-likeness (QED) is 0.547. The molecule has 1 N–H and O–H groups in total. The van der Waals surface area contributed by atoms with Gasteiger partial charge < -0.3 is 14.2 Å². The van der Waals surface area contributed by atoms with E-state index in [1.807, 2.05) is 4.98 Å². The van der Waals surface area contributed by atoms with Gasteiger partial charge in [-0.25, -0.2) is 14.4 Å². The van der Waals surface area contributed by atoms with Crippen LogP contribution in [0.25, 0.3) is 0 Å². The molecule has 11 heteroatoms. The minimum absolute atomic E-state index is 0.0167. The van der Waals surface area contributed by atoms with Crippen molar-refractivity contribution in [3.63, 3.8) is 0 Å². The van der Waals surface area contributed by atoms with Crippen molar-refractivity contribution in [2.24, 2.45) is 0 Å². The van der Waals surface area contributed by atoms with E-state index in [-0.39, 0.29) is 11.1 Å². The largest absolute Gasteiger partial charge is 0.459 e. The first-order valence-corrected chi connectivity index (χ1v) is 10.1. The Balaban J connectivity index is 1.62. The third-order valence-corrected chi connectivity index (χ3v) is 5.09. The summed E-state index contributed by atoms with van der Waals surface area (Å²) in [5.41, 5.74) is -1.74. The number of aromatic amines is 1. The van der Waals surface area contributed by atoms with Crippen molar-refractivity contribution in [1.29, 1.82) is 0 Å². The number of hydrogen-bond acceptors (Lipinski definition) is 7. The molecule has 1 aliphatic heterocycles. The van der Waals surface area contributed by atoms with Crippen LogP contribution in [0.1, 0.15) is 26.9 Å². The van der Waals surface area contributed by atoms with E-state index < -0.39 is 54.2 Å². The molecule has 0 radical (unpaired) electrons. The van der Waals surface area contributed by atoms with Crippen LogP contribution in [0, 0.1) is 0 Å². The molecule has 0 saturated carbocycles. The number of benzene rings is 2. The first-order chi connectivity index (χ1) is 16.3. The molecule has 176 valence electrons. The van der Waals surface area contributed by atoms with E-state index in [2.05, 4.69) is 0 Å². The van der Waals surface area contributed by atoms with E-state index in [1.165, 1.54) is 36.4 Å². The van der Waals surface area contributed by atoms with Gasteiger partial charge in [0.1, 0.15) is 12.7 Å². The highest BCUT2D eigenvalue weighted by Crippen LogP contribution is 2.44. The molecule has 3 aromatic rings. The lowest BCUT2D eigenvalue weighted by atomic mass is 10.1. The standard InChI is InChI=1S/C23H18F2N2O7/c24-23(25)18(34-20(30)15-9-5-2-6-10-15)16(13-32-19(29)14-7-3-1-4-8-14)33-21(23)27-12-11-17(28)26-22(27)31/h1-12,16,18,21H,13H2,(H,26,28,31)/t16-,18+,21+/m1/s1. The Morgan fingerprint density at radius 2 is 1.53 bits per heavy atom. The van der Waals surface area contributed by atoms with Gasteiger partial charge in [-0.05, 0) is 24.3 Å². The van der Waals surface area contributed by atoms with Gasteiger partial charge in [-0.2, -0.15) is 8.78 Å². The maximum Gasteiger partial charge on any atom is 0.338 e. The second-order valence-corrected chi connectivity index (χ2v) is 7.38. The van der Waals surface area contributed by atoms with Crippen molar-refractivity contribution >= 4 is 11.9 Å². The lowest BCUT2D eigenvalue weighted by Crippen LogP contribution is -2.45. The fraction of sp³-hybridized carbons (Fsp3) is 0.217. The van der Waals surface area contributed by atoms with Gasteiger partial charge in [0.2, 0.25) is 6.23 Å². The molecule has 0 spiro atoms. The van der Waals surface area contributed by atoms with Gasteiger partial charge in [-0.15, -0.1) is 0 Å². The number of carbonyl (C=O) groups is 2. The monoisotopic (exact) mass is 472 g/mol. The van der Waals surface area contributed by atoms with Crippen LogP contribution in [0.4, 0.5) is 8.78 Å². The van der Waals surface area contributed by atoms with Gasteiger partial charge in [-0.3, -0.25) is 14.3 Å². The topological polar surface area (TPSA) is 117 Å². The molecule has 4 rings (SSSR count). The fourth-order valence-electron chi connectivity index (χ4n) is 3.43. The maximum atomic E-state index is 15.4.